The molecule has 0 spiro atoms. The molecular weight excluding hydrogens is 252 g/mol. The van der Waals surface area contributed by atoms with Crippen molar-refractivity contribution in [2.75, 3.05) is 25.4 Å². The van der Waals surface area contributed by atoms with E-state index in [4.69, 9.17) is 16.9 Å². The Morgan fingerprint density at radius 1 is 1.35 bits per heavy atom. The first-order valence-corrected chi connectivity index (χ1v) is 7.12. The van der Waals surface area contributed by atoms with Gasteiger partial charge in [-0.15, -0.1) is 11.8 Å². The maximum atomic E-state index is 8.77. The molecule has 2 nitrogen and oxygen atoms in total. The molecule has 0 unspecified atom stereocenters. The summed E-state index contributed by atoms with van der Waals surface area (Å²) in [5.74, 6) is 1.05. The van der Waals surface area contributed by atoms with Crippen LogP contribution in [0.4, 0.5) is 0 Å². The van der Waals surface area contributed by atoms with E-state index >= 15 is 0 Å². The van der Waals surface area contributed by atoms with Gasteiger partial charge in [-0.3, -0.25) is 0 Å². The lowest BCUT2D eigenvalue weighted by Gasteiger charge is -2.17. The fraction of sp³-hybridized carbons (Fsp3) is 0.462. The molecule has 0 bridgehead atoms. The highest BCUT2D eigenvalue weighted by Crippen LogP contribution is 2.24. The van der Waals surface area contributed by atoms with E-state index in [0.29, 0.717) is 10.6 Å². The third kappa shape index (κ3) is 4.59. The molecule has 0 heterocycles. The highest BCUT2D eigenvalue weighted by Gasteiger charge is 2.03. The van der Waals surface area contributed by atoms with E-state index in [2.05, 4.69) is 24.8 Å². The summed E-state index contributed by atoms with van der Waals surface area (Å²) >= 11 is 7.76. The second kappa shape index (κ2) is 7.60. The predicted molar refractivity (Wildman–Crippen MR) is 74.7 cm³/mol. The Labute approximate surface area is 113 Å². The highest BCUT2D eigenvalue weighted by atomic mass is 35.5. The largest absolute Gasteiger partial charge is 0.303 e. The van der Waals surface area contributed by atoms with Gasteiger partial charge in [-0.1, -0.05) is 25.4 Å². The lowest BCUT2D eigenvalue weighted by molar-refractivity contribution is 0.324. The number of hydrogen-bond donors (Lipinski definition) is 0. The third-order valence-electron chi connectivity index (χ3n) is 2.63. The van der Waals surface area contributed by atoms with E-state index in [9.17, 15) is 0 Å². The lowest BCUT2D eigenvalue weighted by atomic mass is 10.2. The molecule has 0 radical (unpaired) electrons. The smallest absolute Gasteiger partial charge is 0.101 e. The van der Waals surface area contributed by atoms with Crippen molar-refractivity contribution < 1.29 is 0 Å². The van der Waals surface area contributed by atoms with Crippen LogP contribution >= 0.6 is 23.4 Å². The van der Waals surface area contributed by atoms with Crippen LogP contribution in [0.25, 0.3) is 0 Å². The molecular formula is C13H17ClN2S. The van der Waals surface area contributed by atoms with Crippen molar-refractivity contribution in [3.63, 3.8) is 0 Å². The molecule has 92 valence electrons. The molecule has 0 saturated heterocycles. The first-order chi connectivity index (χ1) is 8.21. The van der Waals surface area contributed by atoms with Crippen LogP contribution in [-0.4, -0.2) is 30.3 Å². The Kier molecular flexibility index (Phi) is 6.43. The molecule has 4 heteroatoms. The van der Waals surface area contributed by atoms with E-state index in [-0.39, 0.29) is 0 Å². The number of halogens is 1. The summed E-state index contributed by atoms with van der Waals surface area (Å²) in [7, 11) is 0. The molecule has 0 aliphatic carbocycles. The molecule has 0 saturated carbocycles. The van der Waals surface area contributed by atoms with Crippen molar-refractivity contribution in [2.24, 2.45) is 0 Å². The van der Waals surface area contributed by atoms with Gasteiger partial charge >= 0.3 is 0 Å². The van der Waals surface area contributed by atoms with Gasteiger partial charge in [0.1, 0.15) is 6.07 Å². The molecule has 0 amide bonds. The molecule has 1 rings (SSSR count). The molecule has 17 heavy (non-hydrogen) atoms. The summed E-state index contributed by atoms with van der Waals surface area (Å²) in [6, 6.07) is 7.67. The van der Waals surface area contributed by atoms with Gasteiger partial charge in [0, 0.05) is 17.2 Å². The van der Waals surface area contributed by atoms with E-state index in [1.165, 1.54) is 0 Å². The van der Waals surface area contributed by atoms with Gasteiger partial charge in [-0.05, 0) is 31.3 Å². The summed E-state index contributed by atoms with van der Waals surface area (Å²) in [6.45, 7) is 7.60. The first kappa shape index (κ1) is 14.4. The van der Waals surface area contributed by atoms with Crippen molar-refractivity contribution in [1.29, 1.82) is 5.26 Å². The molecule has 0 aliphatic rings. The second-order valence-electron chi connectivity index (χ2n) is 3.63. The van der Waals surface area contributed by atoms with Crippen LogP contribution in [0.5, 0.6) is 0 Å². The number of hydrogen-bond acceptors (Lipinski definition) is 3. The van der Waals surface area contributed by atoms with Crippen LogP contribution in [-0.2, 0) is 0 Å². The first-order valence-electron chi connectivity index (χ1n) is 5.76. The van der Waals surface area contributed by atoms with Crippen molar-refractivity contribution in [2.45, 2.75) is 18.7 Å². The molecule has 0 aromatic heterocycles. The zero-order chi connectivity index (χ0) is 12.7. The molecule has 0 atom stereocenters. The Balaban J connectivity index is 2.48. The third-order valence-corrected chi connectivity index (χ3v) is 3.92. The van der Waals surface area contributed by atoms with Crippen LogP contribution in [0.3, 0.4) is 0 Å². The molecule has 1 aromatic carbocycles. The Morgan fingerprint density at radius 2 is 2.06 bits per heavy atom. The SMILES string of the molecule is CCN(CC)CCSc1ccc(C#N)c(Cl)c1. The Morgan fingerprint density at radius 3 is 2.59 bits per heavy atom. The monoisotopic (exact) mass is 268 g/mol. The maximum Gasteiger partial charge on any atom is 0.101 e. The van der Waals surface area contributed by atoms with Gasteiger partial charge in [0.25, 0.3) is 0 Å². The number of rotatable bonds is 6. The predicted octanol–water partition coefficient (Wildman–Crippen LogP) is 3.65. The molecule has 0 aliphatic heterocycles. The topological polar surface area (TPSA) is 27.0 Å². The standard InChI is InChI=1S/C13H17ClN2S/c1-3-16(4-2)7-8-17-12-6-5-11(10-15)13(14)9-12/h5-6,9H,3-4,7-8H2,1-2H3. The van der Waals surface area contributed by atoms with Gasteiger partial charge in [0.2, 0.25) is 0 Å². The number of benzene rings is 1. The minimum absolute atomic E-state index is 0.541. The van der Waals surface area contributed by atoms with E-state index in [0.717, 1.165) is 30.3 Å². The average molecular weight is 269 g/mol. The second-order valence-corrected chi connectivity index (χ2v) is 5.20. The Hall–Kier alpha value is -0.690. The van der Waals surface area contributed by atoms with E-state index in [1.54, 1.807) is 17.8 Å². The van der Waals surface area contributed by atoms with E-state index < -0.39 is 0 Å². The quantitative estimate of drug-likeness (QED) is 0.737. The maximum absolute atomic E-state index is 8.77. The average Bonchev–Trinajstić information content (AvgIpc) is 2.35. The van der Waals surface area contributed by atoms with Crippen LogP contribution in [0.15, 0.2) is 23.1 Å². The molecule has 0 fully saturated rings. The zero-order valence-electron chi connectivity index (χ0n) is 10.2. The zero-order valence-corrected chi connectivity index (χ0v) is 11.8. The number of nitriles is 1. The minimum Gasteiger partial charge on any atom is -0.303 e. The van der Waals surface area contributed by atoms with Crippen LogP contribution in [0.1, 0.15) is 19.4 Å². The van der Waals surface area contributed by atoms with Crippen LogP contribution in [0.2, 0.25) is 5.02 Å². The fourth-order valence-electron chi connectivity index (χ4n) is 1.51. The van der Waals surface area contributed by atoms with Gasteiger partial charge in [0.15, 0.2) is 0 Å². The van der Waals surface area contributed by atoms with Crippen molar-refractivity contribution in [3.05, 3.63) is 28.8 Å². The van der Waals surface area contributed by atoms with Gasteiger partial charge in [0.05, 0.1) is 10.6 Å². The van der Waals surface area contributed by atoms with Crippen molar-refractivity contribution in [3.8, 4) is 6.07 Å². The van der Waals surface area contributed by atoms with Gasteiger partial charge < -0.3 is 4.90 Å². The summed E-state index contributed by atoms with van der Waals surface area (Å²) in [5.41, 5.74) is 0.541. The summed E-state index contributed by atoms with van der Waals surface area (Å²) in [5, 5.41) is 9.32. The highest BCUT2D eigenvalue weighted by molar-refractivity contribution is 7.99. The summed E-state index contributed by atoms with van der Waals surface area (Å²) in [4.78, 5) is 3.51. The number of nitrogens with zero attached hydrogens (tertiary/aromatic N) is 2. The fourth-order valence-corrected chi connectivity index (χ4v) is 2.75. The minimum atomic E-state index is 0.541. The van der Waals surface area contributed by atoms with Crippen LogP contribution in [0, 0.1) is 11.3 Å². The normalized spacial score (nSPS) is 10.5. The van der Waals surface area contributed by atoms with Gasteiger partial charge in [-0.2, -0.15) is 5.26 Å². The van der Waals surface area contributed by atoms with Gasteiger partial charge in [-0.25, -0.2) is 0 Å². The molecule has 0 N–H and O–H groups in total. The van der Waals surface area contributed by atoms with Crippen molar-refractivity contribution in [1.82, 2.24) is 4.90 Å². The van der Waals surface area contributed by atoms with Crippen molar-refractivity contribution >= 4 is 23.4 Å². The molecule has 1 aromatic rings. The lowest BCUT2D eigenvalue weighted by Crippen LogP contribution is -2.25. The summed E-state index contributed by atoms with van der Waals surface area (Å²) < 4.78 is 0. The Bertz CT molecular complexity index is 397. The number of thioether (sulfide) groups is 1. The summed E-state index contributed by atoms with van der Waals surface area (Å²) in [6.07, 6.45) is 0. The van der Waals surface area contributed by atoms with Crippen LogP contribution < -0.4 is 0 Å². The van der Waals surface area contributed by atoms with E-state index in [1.807, 2.05) is 12.1 Å².